The van der Waals surface area contributed by atoms with Crippen LogP contribution in [0.15, 0.2) is 60.2 Å². The van der Waals surface area contributed by atoms with Gasteiger partial charge < -0.3 is 10.0 Å². The molecule has 0 aliphatic heterocycles. The molecule has 0 bridgehead atoms. The number of aliphatic carboxylic acids is 1. The van der Waals surface area contributed by atoms with Gasteiger partial charge in [0.25, 0.3) is 5.91 Å². The van der Waals surface area contributed by atoms with Gasteiger partial charge in [-0.25, -0.2) is 0 Å². The van der Waals surface area contributed by atoms with Crippen molar-refractivity contribution < 1.29 is 32.7 Å². The van der Waals surface area contributed by atoms with E-state index in [1.165, 1.54) is 30.0 Å². The zero-order chi connectivity index (χ0) is 23.7. The zero-order valence-electron chi connectivity index (χ0n) is 17.3. The number of hydrogen-bond donors (Lipinski definition) is 1. The fourth-order valence-electron chi connectivity index (χ4n) is 2.80. The summed E-state index contributed by atoms with van der Waals surface area (Å²) in [7, 11) is 0. The Hall–Kier alpha value is -3.07. The maximum absolute atomic E-state index is 13.3. The third-order valence-corrected chi connectivity index (χ3v) is 5.25. The zero-order valence-corrected chi connectivity index (χ0v) is 18.1. The minimum absolute atomic E-state index is 0.00749. The number of benzene rings is 2. The highest BCUT2D eigenvalue weighted by Crippen LogP contribution is 2.29. The van der Waals surface area contributed by atoms with Gasteiger partial charge in [-0.3, -0.25) is 14.4 Å². The Morgan fingerprint density at radius 3 is 2.19 bits per heavy atom. The predicted octanol–water partition coefficient (Wildman–Crippen LogP) is 4.87. The Balaban J connectivity index is 2.35. The molecule has 1 N–H and O–H groups in total. The van der Waals surface area contributed by atoms with Gasteiger partial charge in [-0.15, -0.1) is 0 Å². The Labute approximate surface area is 187 Å². The van der Waals surface area contributed by atoms with E-state index in [4.69, 9.17) is 5.11 Å². The summed E-state index contributed by atoms with van der Waals surface area (Å²) < 4.78 is 38.5. The van der Waals surface area contributed by atoms with Crippen LogP contribution in [0.2, 0.25) is 0 Å². The highest BCUT2D eigenvalue weighted by Gasteiger charge is 2.30. The number of nitrogens with zero attached hydrogens (tertiary/aromatic N) is 1. The number of amides is 1. The Morgan fingerprint density at radius 1 is 1.03 bits per heavy atom. The topological polar surface area (TPSA) is 74.7 Å². The first kappa shape index (κ1) is 25.2. The lowest BCUT2D eigenvalue weighted by Gasteiger charge is -2.23. The first-order valence-corrected chi connectivity index (χ1v) is 10.6. The van der Waals surface area contributed by atoms with Crippen molar-refractivity contribution in [2.24, 2.45) is 0 Å². The van der Waals surface area contributed by atoms with Crippen LogP contribution in [0.5, 0.6) is 0 Å². The summed E-state index contributed by atoms with van der Waals surface area (Å²) in [5.41, 5.74) is 0.529. The number of thioether (sulfide) groups is 1. The van der Waals surface area contributed by atoms with Crippen LogP contribution >= 0.6 is 11.8 Å². The maximum atomic E-state index is 13.3. The minimum Gasteiger partial charge on any atom is -0.481 e. The van der Waals surface area contributed by atoms with Crippen molar-refractivity contribution in [2.45, 2.75) is 26.1 Å². The van der Waals surface area contributed by atoms with Gasteiger partial charge in [0, 0.05) is 31.3 Å². The molecule has 0 aliphatic rings. The van der Waals surface area contributed by atoms with Crippen LogP contribution in [0.4, 0.5) is 13.2 Å². The summed E-state index contributed by atoms with van der Waals surface area (Å²) in [4.78, 5) is 37.2. The van der Waals surface area contributed by atoms with Crippen LogP contribution in [0, 0.1) is 0 Å². The summed E-state index contributed by atoms with van der Waals surface area (Å²) >= 11 is 0.891. The van der Waals surface area contributed by atoms with Crippen molar-refractivity contribution in [1.82, 2.24) is 4.90 Å². The molecule has 0 aromatic heterocycles. The number of hydrogen-bond acceptors (Lipinski definition) is 4. The van der Waals surface area contributed by atoms with E-state index in [1.807, 2.05) is 6.07 Å². The first-order chi connectivity index (χ1) is 15.1. The number of carboxylic acids is 1. The number of rotatable bonds is 9. The average Bonchev–Trinajstić information content (AvgIpc) is 2.73. The number of carboxylic acid groups (broad SMARTS) is 1. The quantitative estimate of drug-likeness (QED) is 0.535. The van der Waals surface area contributed by atoms with Crippen molar-refractivity contribution in [2.75, 3.05) is 12.3 Å². The lowest BCUT2D eigenvalue weighted by molar-refractivity contribution is -0.139. The Kier molecular flexibility index (Phi) is 9.07. The molecular weight excluding hydrogens is 443 g/mol. The molecule has 0 spiro atoms. The molecule has 0 saturated carbocycles. The lowest BCUT2D eigenvalue weighted by Crippen LogP contribution is -2.34. The van der Waals surface area contributed by atoms with E-state index in [0.29, 0.717) is 5.56 Å². The standard InChI is InChI=1S/C23H22F3NO4S/c1-16(28)32-15-19(13-17-7-9-20(10-8-17)23(24,25)26)22(31)27(12-11-21(29)30)14-18-5-3-2-4-6-18/h2-10,13H,11-12,14-15H2,1H3,(H,29,30). The molecular formula is C23H22F3NO4S. The third-order valence-electron chi connectivity index (χ3n) is 4.38. The molecule has 0 unspecified atom stereocenters. The SMILES string of the molecule is CC(=O)SCC(=Cc1ccc(C(F)(F)F)cc1)C(=O)N(CCC(=O)O)Cc1ccccc1. The smallest absolute Gasteiger partial charge is 0.416 e. The fraction of sp³-hybridized carbons (Fsp3) is 0.261. The molecule has 9 heteroatoms. The largest absolute Gasteiger partial charge is 0.481 e. The van der Waals surface area contributed by atoms with Gasteiger partial charge in [0.1, 0.15) is 0 Å². The molecule has 0 atom stereocenters. The Bertz CT molecular complexity index is 973. The summed E-state index contributed by atoms with van der Waals surface area (Å²) in [6.45, 7) is 1.44. The molecule has 0 aliphatic carbocycles. The minimum atomic E-state index is -4.48. The second-order valence-electron chi connectivity index (χ2n) is 6.93. The summed E-state index contributed by atoms with van der Waals surface area (Å²) in [5.74, 6) is -1.54. The van der Waals surface area contributed by atoms with E-state index in [9.17, 15) is 27.6 Å². The second-order valence-corrected chi connectivity index (χ2v) is 8.08. The molecule has 0 saturated heterocycles. The monoisotopic (exact) mass is 465 g/mol. The highest BCUT2D eigenvalue weighted by atomic mass is 32.2. The van der Waals surface area contributed by atoms with E-state index in [1.54, 1.807) is 24.3 Å². The summed E-state index contributed by atoms with van der Waals surface area (Å²) in [6.07, 6.45) is -3.32. The van der Waals surface area contributed by atoms with Crippen molar-refractivity contribution in [1.29, 1.82) is 0 Å². The number of carbonyl (C=O) groups is 3. The first-order valence-electron chi connectivity index (χ1n) is 9.62. The molecule has 5 nitrogen and oxygen atoms in total. The van der Waals surface area contributed by atoms with Gasteiger partial charge in [0.2, 0.25) is 0 Å². The number of carbonyl (C=O) groups excluding carboxylic acids is 2. The van der Waals surface area contributed by atoms with Crippen LogP contribution in [0.1, 0.15) is 30.0 Å². The van der Waals surface area contributed by atoms with E-state index in [-0.39, 0.29) is 36.0 Å². The van der Waals surface area contributed by atoms with Crippen LogP contribution in [0.3, 0.4) is 0 Å². The van der Waals surface area contributed by atoms with E-state index in [2.05, 4.69) is 0 Å². The van der Waals surface area contributed by atoms with Gasteiger partial charge >= 0.3 is 12.1 Å². The summed E-state index contributed by atoms with van der Waals surface area (Å²) in [5, 5.41) is 8.83. The van der Waals surface area contributed by atoms with Gasteiger partial charge in [-0.05, 0) is 29.3 Å². The molecule has 0 fully saturated rings. The van der Waals surface area contributed by atoms with Crippen LogP contribution in [-0.2, 0) is 27.1 Å². The second kappa shape index (κ2) is 11.5. The van der Waals surface area contributed by atoms with Crippen molar-refractivity contribution in [3.8, 4) is 0 Å². The van der Waals surface area contributed by atoms with E-state index in [0.717, 1.165) is 29.5 Å². The third kappa shape index (κ3) is 8.22. The van der Waals surface area contributed by atoms with Gasteiger partial charge in [-0.1, -0.05) is 54.2 Å². The molecule has 2 aromatic carbocycles. The average molecular weight is 465 g/mol. The molecule has 2 aromatic rings. The van der Waals surface area contributed by atoms with E-state index >= 15 is 0 Å². The molecule has 0 heterocycles. The van der Waals surface area contributed by atoms with Crippen molar-refractivity contribution in [3.63, 3.8) is 0 Å². The lowest BCUT2D eigenvalue weighted by atomic mass is 10.1. The molecule has 0 radical (unpaired) electrons. The Morgan fingerprint density at radius 2 is 1.66 bits per heavy atom. The normalized spacial score (nSPS) is 11.8. The predicted molar refractivity (Wildman–Crippen MR) is 117 cm³/mol. The van der Waals surface area contributed by atoms with Crippen molar-refractivity contribution in [3.05, 3.63) is 76.9 Å². The molecule has 1 amide bonds. The maximum Gasteiger partial charge on any atom is 0.416 e. The number of alkyl halides is 3. The van der Waals surface area contributed by atoms with Crippen LogP contribution in [-0.4, -0.2) is 39.3 Å². The van der Waals surface area contributed by atoms with Crippen molar-refractivity contribution >= 4 is 34.8 Å². The highest BCUT2D eigenvalue weighted by molar-refractivity contribution is 8.13. The molecule has 2 rings (SSSR count). The van der Waals surface area contributed by atoms with E-state index < -0.39 is 23.6 Å². The van der Waals surface area contributed by atoms with Gasteiger partial charge in [-0.2, -0.15) is 13.2 Å². The molecule has 32 heavy (non-hydrogen) atoms. The van der Waals surface area contributed by atoms with Gasteiger partial charge in [0.05, 0.1) is 12.0 Å². The number of halogens is 3. The van der Waals surface area contributed by atoms with Crippen LogP contribution in [0.25, 0.3) is 6.08 Å². The van der Waals surface area contributed by atoms with Gasteiger partial charge in [0.15, 0.2) is 5.12 Å². The summed E-state index contributed by atoms with van der Waals surface area (Å²) in [6, 6.07) is 13.3. The van der Waals surface area contributed by atoms with Crippen LogP contribution < -0.4 is 0 Å². The fourth-order valence-corrected chi connectivity index (χ4v) is 3.37. The molecule has 170 valence electrons.